The summed E-state index contributed by atoms with van der Waals surface area (Å²) in [5.41, 5.74) is 1.78. The summed E-state index contributed by atoms with van der Waals surface area (Å²) < 4.78 is 22.5. The van der Waals surface area contributed by atoms with E-state index in [9.17, 15) is 9.36 Å². The molecule has 1 fully saturated rings. The Kier molecular flexibility index (Phi) is 5.67. The Morgan fingerprint density at radius 1 is 0.697 bits per heavy atom. The molecule has 0 spiro atoms. The number of carbonyl (C=O) groups excluding carboxylic acids is 1. The van der Waals surface area contributed by atoms with Crippen LogP contribution in [-0.4, -0.2) is 6.03 Å². The molecular formula is C26H20ClN2O3P. The van der Waals surface area contributed by atoms with E-state index in [1.54, 1.807) is 77.7 Å². The van der Waals surface area contributed by atoms with Gasteiger partial charge in [0.1, 0.15) is 5.75 Å². The second kappa shape index (κ2) is 8.78. The number of amides is 2. The Hall–Kier alpha value is -3.53. The number of benzene rings is 4. The number of hydrogen-bond acceptors (Lipinski definition) is 3. The molecule has 0 radical (unpaired) electrons. The largest absolute Gasteiger partial charge is 0.427 e. The monoisotopic (exact) mass is 474 g/mol. The standard InChI is InChI=1S/C26H20ClN2O3P/c27-21-18-16-20(17-19-21)25-28(22-10-4-1-5-11-22)26(30)29(23-12-6-2-7-13-23)33(25,31)32-24-14-8-3-9-15-24/h1-19,25H. The third kappa shape index (κ3) is 3.91. The number of rotatable bonds is 5. The summed E-state index contributed by atoms with van der Waals surface area (Å²) in [4.78, 5) is 15.5. The van der Waals surface area contributed by atoms with Gasteiger partial charge in [0, 0.05) is 10.7 Å². The van der Waals surface area contributed by atoms with Gasteiger partial charge >= 0.3 is 13.6 Å². The van der Waals surface area contributed by atoms with Crippen molar-refractivity contribution in [3.63, 3.8) is 0 Å². The van der Waals surface area contributed by atoms with Crippen LogP contribution in [-0.2, 0) is 4.57 Å². The van der Waals surface area contributed by atoms with E-state index in [2.05, 4.69) is 0 Å². The minimum absolute atomic E-state index is 0.420. The predicted molar refractivity (Wildman–Crippen MR) is 132 cm³/mol. The summed E-state index contributed by atoms with van der Waals surface area (Å²) in [6.07, 6.45) is 0. The molecule has 7 heteroatoms. The lowest BCUT2D eigenvalue weighted by Gasteiger charge is -2.28. The van der Waals surface area contributed by atoms with Crippen LogP contribution in [0.25, 0.3) is 0 Å². The van der Waals surface area contributed by atoms with Crippen molar-refractivity contribution >= 4 is 36.5 Å². The van der Waals surface area contributed by atoms with Gasteiger partial charge in [0.25, 0.3) is 0 Å². The first-order valence-electron chi connectivity index (χ1n) is 10.4. The second-order valence-electron chi connectivity index (χ2n) is 7.53. The molecule has 0 saturated carbocycles. The number of halogens is 1. The van der Waals surface area contributed by atoms with Gasteiger partial charge in [-0.25, -0.2) is 9.46 Å². The molecule has 2 unspecified atom stereocenters. The molecule has 4 aromatic rings. The van der Waals surface area contributed by atoms with Gasteiger partial charge in [-0.3, -0.25) is 9.46 Å². The second-order valence-corrected chi connectivity index (χ2v) is 10.2. The van der Waals surface area contributed by atoms with Crippen LogP contribution in [0, 0.1) is 0 Å². The number of nitrogens with zero attached hydrogens (tertiary/aromatic N) is 2. The van der Waals surface area contributed by atoms with Gasteiger partial charge in [-0.15, -0.1) is 0 Å². The molecule has 164 valence electrons. The fraction of sp³-hybridized carbons (Fsp3) is 0.0385. The van der Waals surface area contributed by atoms with Crippen molar-refractivity contribution in [2.24, 2.45) is 0 Å². The van der Waals surface area contributed by atoms with Crippen molar-refractivity contribution < 1.29 is 13.9 Å². The van der Waals surface area contributed by atoms with Crippen molar-refractivity contribution in [1.29, 1.82) is 0 Å². The first-order chi connectivity index (χ1) is 16.1. The molecule has 1 aliphatic heterocycles. The quantitative estimate of drug-likeness (QED) is 0.278. The lowest BCUT2D eigenvalue weighted by atomic mass is 10.2. The Labute approximate surface area is 197 Å². The first-order valence-corrected chi connectivity index (χ1v) is 12.4. The Bertz CT molecular complexity index is 1300. The SMILES string of the molecule is O=C1N(c2ccccc2)C(c2ccc(Cl)cc2)P(=O)(Oc2ccccc2)N1c1ccccc1. The van der Waals surface area contributed by atoms with Gasteiger partial charge < -0.3 is 4.52 Å². The number of para-hydroxylation sites is 3. The molecule has 1 heterocycles. The van der Waals surface area contributed by atoms with Gasteiger partial charge in [-0.2, -0.15) is 0 Å². The molecule has 0 aliphatic carbocycles. The van der Waals surface area contributed by atoms with Crippen LogP contribution in [0.2, 0.25) is 5.02 Å². The molecule has 1 aliphatic rings. The van der Waals surface area contributed by atoms with Crippen LogP contribution in [0.4, 0.5) is 16.2 Å². The number of hydrogen-bond donors (Lipinski definition) is 0. The van der Waals surface area contributed by atoms with Gasteiger partial charge in [0.05, 0.1) is 5.69 Å². The zero-order valence-corrected chi connectivity index (χ0v) is 19.1. The lowest BCUT2D eigenvalue weighted by molar-refractivity contribution is 0.255. The van der Waals surface area contributed by atoms with Gasteiger partial charge in [0.2, 0.25) is 0 Å². The summed E-state index contributed by atoms with van der Waals surface area (Å²) in [5.74, 6) is -0.464. The third-order valence-corrected chi connectivity index (χ3v) is 8.23. The molecule has 5 rings (SSSR count). The molecule has 5 nitrogen and oxygen atoms in total. The fourth-order valence-electron chi connectivity index (χ4n) is 3.96. The Balaban J connectivity index is 1.75. The van der Waals surface area contributed by atoms with Crippen molar-refractivity contribution in [3.8, 4) is 5.75 Å². The highest BCUT2D eigenvalue weighted by molar-refractivity contribution is 7.63. The zero-order chi connectivity index (χ0) is 22.8. The van der Waals surface area contributed by atoms with E-state index in [0.717, 1.165) is 0 Å². The predicted octanol–water partition coefficient (Wildman–Crippen LogP) is 7.76. The summed E-state index contributed by atoms with van der Waals surface area (Å²) in [6, 6.07) is 33.7. The van der Waals surface area contributed by atoms with Crippen LogP contribution >= 0.6 is 19.1 Å². The summed E-state index contributed by atoms with van der Waals surface area (Å²) in [6.45, 7) is 0. The highest BCUT2D eigenvalue weighted by Crippen LogP contribution is 2.69. The van der Waals surface area contributed by atoms with E-state index in [1.807, 2.05) is 42.5 Å². The molecule has 1 saturated heterocycles. The van der Waals surface area contributed by atoms with Crippen LogP contribution < -0.4 is 14.1 Å². The minimum atomic E-state index is -3.88. The summed E-state index contributed by atoms with van der Waals surface area (Å²) in [5, 5.41) is 0.549. The molecule has 0 N–H and O–H groups in total. The molecular weight excluding hydrogens is 455 g/mol. The van der Waals surface area contributed by atoms with Gasteiger partial charge in [0.15, 0.2) is 5.78 Å². The normalized spacial score (nSPS) is 20.2. The maximum Gasteiger partial charge on any atom is 0.378 e. The molecule has 0 aromatic heterocycles. The van der Waals surface area contributed by atoms with Gasteiger partial charge in [-0.1, -0.05) is 78.3 Å². The van der Waals surface area contributed by atoms with Crippen molar-refractivity contribution in [2.45, 2.75) is 5.78 Å². The van der Waals surface area contributed by atoms with Crippen LogP contribution in [0.5, 0.6) is 5.75 Å². The van der Waals surface area contributed by atoms with Crippen molar-refractivity contribution in [1.82, 2.24) is 0 Å². The molecule has 2 amide bonds. The van der Waals surface area contributed by atoms with Crippen molar-refractivity contribution in [3.05, 3.63) is 126 Å². The maximum atomic E-state index is 14.9. The first kappa shape index (κ1) is 21.3. The maximum absolute atomic E-state index is 14.9. The molecule has 2 atom stereocenters. The Morgan fingerprint density at radius 2 is 1.21 bits per heavy atom. The topological polar surface area (TPSA) is 49.9 Å². The highest BCUT2D eigenvalue weighted by Gasteiger charge is 2.59. The highest BCUT2D eigenvalue weighted by atomic mass is 35.5. The number of anilines is 2. The Morgan fingerprint density at radius 3 is 1.79 bits per heavy atom. The van der Waals surface area contributed by atoms with Crippen molar-refractivity contribution in [2.75, 3.05) is 9.57 Å². The fourth-order valence-corrected chi connectivity index (χ4v) is 6.77. The smallest absolute Gasteiger partial charge is 0.378 e. The molecule has 33 heavy (non-hydrogen) atoms. The van der Waals surface area contributed by atoms with Crippen LogP contribution in [0.3, 0.4) is 0 Å². The van der Waals surface area contributed by atoms with E-state index in [0.29, 0.717) is 27.7 Å². The van der Waals surface area contributed by atoms with Crippen LogP contribution in [0.1, 0.15) is 11.3 Å². The number of urea groups is 1. The summed E-state index contributed by atoms with van der Waals surface area (Å²) >= 11 is 6.13. The van der Waals surface area contributed by atoms with E-state index in [1.165, 1.54) is 4.67 Å². The average molecular weight is 475 g/mol. The molecule has 0 bridgehead atoms. The van der Waals surface area contributed by atoms with E-state index >= 15 is 0 Å². The van der Waals surface area contributed by atoms with E-state index in [-0.39, 0.29) is 0 Å². The van der Waals surface area contributed by atoms with E-state index in [4.69, 9.17) is 16.1 Å². The van der Waals surface area contributed by atoms with Crippen LogP contribution in [0.15, 0.2) is 115 Å². The number of carbonyl (C=O) groups is 1. The third-order valence-electron chi connectivity index (χ3n) is 5.40. The van der Waals surface area contributed by atoms with Gasteiger partial charge in [-0.05, 0) is 54.1 Å². The summed E-state index contributed by atoms with van der Waals surface area (Å²) in [7, 11) is -3.88. The van der Waals surface area contributed by atoms with E-state index < -0.39 is 19.3 Å². The minimum Gasteiger partial charge on any atom is -0.427 e. The lowest BCUT2D eigenvalue weighted by Crippen LogP contribution is -2.32. The zero-order valence-electron chi connectivity index (χ0n) is 17.5. The average Bonchev–Trinajstić information content (AvgIpc) is 3.07. The molecule has 4 aromatic carbocycles.